The minimum atomic E-state index is -3.66. The van der Waals surface area contributed by atoms with E-state index in [2.05, 4.69) is 5.32 Å². The Kier molecular flexibility index (Phi) is 7.14. The average molecular weight is 333 g/mol. The topological polar surface area (TPSA) is 89.3 Å². The minimum Gasteiger partial charge on any atom is -0.351 e. The van der Waals surface area contributed by atoms with Crippen LogP contribution >= 0.6 is 11.6 Å². The second-order valence-corrected chi connectivity index (χ2v) is 7.28. The van der Waals surface area contributed by atoms with Crippen LogP contribution in [-0.4, -0.2) is 32.7 Å². The number of sulfone groups is 1. The van der Waals surface area contributed by atoms with Gasteiger partial charge in [-0.05, 0) is 30.7 Å². The first-order valence-corrected chi connectivity index (χ1v) is 8.89. The molecule has 0 spiro atoms. The molecule has 1 rings (SSSR count). The lowest BCUT2D eigenvalue weighted by Gasteiger charge is -2.16. The summed E-state index contributed by atoms with van der Waals surface area (Å²) in [5.41, 5.74) is 5.57. The Hall–Kier alpha value is -1.11. The number of nitrogens with two attached hydrogens (primary N) is 1. The van der Waals surface area contributed by atoms with Crippen molar-refractivity contribution in [2.45, 2.75) is 37.1 Å². The maximum atomic E-state index is 12.1. The Labute approximate surface area is 130 Å². The smallest absolute Gasteiger partial charge is 0.235 e. The van der Waals surface area contributed by atoms with Crippen molar-refractivity contribution < 1.29 is 13.2 Å². The van der Waals surface area contributed by atoms with E-state index >= 15 is 0 Å². The van der Waals surface area contributed by atoms with E-state index in [1.165, 1.54) is 24.3 Å². The highest BCUT2D eigenvalue weighted by atomic mass is 35.5. The SMILES string of the molecule is CCCCC(CN)NC(=O)CS(=O)(=O)c1ccc(Cl)cc1. The summed E-state index contributed by atoms with van der Waals surface area (Å²) < 4.78 is 24.2. The molecule has 0 aliphatic carbocycles. The lowest BCUT2D eigenvalue weighted by Crippen LogP contribution is -2.42. The monoisotopic (exact) mass is 332 g/mol. The highest BCUT2D eigenvalue weighted by Crippen LogP contribution is 2.15. The Balaban J connectivity index is 2.66. The molecule has 7 heteroatoms. The molecule has 0 radical (unpaired) electrons. The zero-order chi connectivity index (χ0) is 15.9. The van der Waals surface area contributed by atoms with Crippen molar-refractivity contribution in [3.8, 4) is 0 Å². The standard InChI is InChI=1S/C14H21ClN2O3S/c1-2-3-4-12(9-16)17-14(18)10-21(19,20)13-7-5-11(15)6-8-13/h5-8,12H,2-4,9-10,16H2,1H3,(H,17,18). The van der Waals surface area contributed by atoms with Gasteiger partial charge in [0.1, 0.15) is 5.75 Å². The first kappa shape index (κ1) is 17.9. The highest BCUT2D eigenvalue weighted by molar-refractivity contribution is 7.92. The van der Waals surface area contributed by atoms with Crippen LogP contribution in [0.4, 0.5) is 0 Å². The highest BCUT2D eigenvalue weighted by Gasteiger charge is 2.20. The van der Waals surface area contributed by atoms with E-state index in [0.29, 0.717) is 11.6 Å². The van der Waals surface area contributed by atoms with Crippen LogP contribution in [-0.2, 0) is 14.6 Å². The van der Waals surface area contributed by atoms with Gasteiger partial charge in [0.15, 0.2) is 9.84 Å². The van der Waals surface area contributed by atoms with Crippen molar-refractivity contribution in [3.05, 3.63) is 29.3 Å². The number of rotatable bonds is 8. The van der Waals surface area contributed by atoms with Crippen LogP contribution in [0.15, 0.2) is 29.2 Å². The molecule has 0 aromatic heterocycles. The van der Waals surface area contributed by atoms with Crippen LogP contribution < -0.4 is 11.1 Å². The molecule has 0 fully saturated rings. The summed E-state index contributed by atoms with van der Waals surface area (Å²) >= 11 is 5.72. The molecular weight excluding hydrogens is 312 g/mol. The van der Waals surface area contributed by atoms with E-state index in [0.717, 1.165) is 19.3 Å². The molecule has 5 nitrogen and oxygen atoms in total. The fraction of sp³-hybridized carbons (Fsp3) is 0.500. The number of amides is 1. The van der Waals surface area contributed by atoms with Crippen molar-refractivity contribution in [1.29, 1.82) is 0 Å². The van der Waals surface area contributed by atoms with E-state index in [-0.39, 0.29) is 10.9 Å². The van der Waals surface area contributed by atoms with E-state index in [1.807, 2.05) is 6.92 Å². The van der Waals surface area contributed by atoms with Crippen molar-refractivity contribution in [2.24, 2.45) is 5.73 Å². The van der Waals surface area contributed by atoms with Gasteiger partial charge >= 0.3 is 0 Å². The van der Waals surface area contributed by atoms with Gasteiger partial charge in [-0.1, -0.05) is 31.4 Å². The first-order chi connectivity index (χ1) is 9.89. The van der Waals surface area contributed by atoms with Crippen LogP contribution in [0.5, 0.6) is 0 Å². The molecule has 1 unspecified atom stereocenters. The molecule has 3 N–H and O–H groups in total. The number of hydrogen-bond acceptors (Lipinski definition) is 4. The van der Waals surface area contributed by atoms with Crippen LogP contribution in [0.25, 0.3) is 0 Å². The molecule has 0 saturated carbocycles. The molecule has 21 heavy (non-hydrogen) atoms. The molecule has 1 aromatic carbocycles. The molecule has 1 amide bonds. The van der Waals surface area contributed by atoms with Crippen molar-refractivity contribution in [3.63, 3.8) is 0 Å². The summed E-state index contributed by atoms with van der Waals surface area (Å²) in [7, 11) is -3.66. The zero-order valence-electron chi connectivity index (χ0n) is 12.0. The summed E-state index contributed by atoms with van der Waals surface area (Å²) in [4.78, 5) is 11.9. The Morgan fingerprint density at radius 3 is 2.48 bits per heavy atom. The third-order valence-electron chi connectivity index (χ3n) is 3.05. The second kappa shape index (κ2) is 8.36. The van der Waals surface area contributed by atoms with Crippen molar-refractivity contribution in [2.75, 3.05) is 12.3 Å². The summed E-state index contributed by atoms with van der Waals surface area (Å²) in [6, 6.07) is 5.56. The molecular formula is C14H21ClN2O3S. The maximum absolute atomic E-state index is 12.1. The molecule has 0 bridgehead atoms. The fourth-order valence-corrected chi connectivity index (χ4v) is 3.14. The molecule has 0 aliphatic heterocycles. The number of nitrogens with one attached hydrogen (secondary N) is 1. The zero-order valence-corrected chi connectivity index (χ0v) is 13.6. The van der Waals surface area contributed by atoms with Gasteiger partial charge in [0.05, 0.1) is 4.90 Å². The van der Waals surface area contributed by atoms with Gasteiger partial charge in [0.2, 0.25) is 5.91 Å². The largest absolute Gasteiger partial charge is 0.351 e. The minimum absolute atomic E-state index is 0.0832. The van der Waals surface area contributed by atoms with Crippen LogP contribution in [0.3, 0.4) is 0 Å². The van der Waals surface area contributed by atoms with Crippen LogP contribution in [0, 0.1) is 0 Å². The summed E-state index contributed by atoms with van der Waals surface area (Å²) in [5.74, 6) is -1.12. The quantitative estimate of drug-likeness (QED) is 0.759. The van der Waals surface area contributed by atoms with Crippen LogP contribution in [0.1, 0.15) is 26.2 Å². The van der Waals surface area contributed by atoms with Crippen molar-refractivity contribution >= 4 is 27.3 Å². The normalized spacial score (nSPS) is 12.9. The summed E-state index contributed by atoms with van der Waals surface area (Å²) in [6.45, 7) is 2.34. The number of halogens is 1. The molecule has 118 valence electrons. The molecule has 1 atom stereocenters. The van der Waals surface area contributed by atoms with E-state index in [1.54, 1.807) is 0 Å². The van der Waals surface area contributed by atoms with E-state index < -0.39 is 21.5 Å². The number of unbranched alkanes of at least 4 members (excludes halogenated alkanes) is 1. The molecule has 0 heterocycles. The number of hydrogen-bond donors (Lipinski definition) is 2. The van der Waals surface area contributed by atoms with Crippen LogP contribution in [0.2, 0.25) is 5.02 Å². The maximum Gasteiger partial charge on any atom is 0.235 e. The van der Waals surface area contributed by atoms with Gasteiger partial charge in [0.25, 0.3) is 0 Å². The second-order valence-electron chi connectivity index (χ2n) is 4.86. The van der Waals surface area contributed by atoms with Gasteiger partial charge in [-0.3, -0.25) is 4.79 Å². The number of benzene rings is 1. The predicted octanol–water partition coefficient (Wildman–Crippen LogP) is 1.75. The Morgan fingerprint density at radius 1 is 1.33 bits per heavy atom. The van der Waals surface area contributed by atoms with Gasteiger partial charge < -0.3 is 11.1 Å². The third kappa shape index (κ3) is 6.03. The molecule has 0 aliphatic rings. The molecule has 0 saturated heterocycles. The molecule has 1 aromatic rings. The Bertz CT molecular complexity index is 558. The summed E-state index contributed by atoms with van der Waals surface area (Å²) in [5, 5.41) is 3.12. The summed E-state index contributed by atoms with van der Waals surface area (Å²) in [6.07, 6.45) is 2.68. The van der Waals surface area contributed by atoms with E-state index in [4.69, 9.17) is 17.3 Å². The predicted molar refractivity (Wildman–Crippen MR) is 84.0 cm³/mol. The van der Waals surface area contributed by atoms with Gasteiger partial charge in [-0.25, -0.2) is 8.42 Å². The van der Waals surface area contributed by atoms with Gasteiger partial charge in [-0.15, -0.1) is 0 Å². The van der Waals surface area contributed by atoms with Gasteiger partial charge in [-0.2, -0.15) is 0 Å². The fourth-order valence-electron chi connectivity index (χ4n) is 1.87. The van der Waals surface area contributed by atoms with Gasteiger partial charge in [0, 0.05) is 17.6 Å². The average Bonchev–Trinajstić information content (AvgIpc) is 2.43. The Morgan fingerprint density at radius 2 is 1.95 bits per heavy atom. The third-order valence-corrected chi connectivity index (χ3v) is 4.93. The number of carbonyl (C=O) groups is 1. The number of carbonyl (C=O) groups excluding carboxylic acids is 1. The van der Waals surface area contributed by atoms with E-state index in [9.17, 15) is 13.2 Å². The first-order valence-electron chi connectivity index (χ1n) is 6.86. The lowest BCUT2D eigenvalue weighted by atomic mass is 10.1. The van der Waals surface area contributed by atoms with Crippen molar-refractivity contribution in [1.82, 2.24) is 5.32 Å². The lowest BCUT2D eigenvalue weighted by molar-refractivity contribution is -0.119.